The van der Waals surface area contributed by atoms with Gasteiger partial charge in [0.1, 0.15) is 11.4 Å². The van der Waals surface area contributed by atoms with Crippen LogP contribution >= 0.6 is 0 Å². The van der Waals surface area contributed by atoms with E-state index in [1.165, 1.54) is 0 Å². The van der Waals surface area contributed by atoms with Crippen LogP contribution in [0.2, 0.25) is 0 Å². The van der Waals surface area contributed by atoms with Gasteiger partial charge in [-0.1, -0.05) is 6.92 Å². The maximum atomic E-state index is 12.4. The molecule has 1 aromatic carbocycles. The molecular weight excluding hydrogens is 266 g/mol. The largest absolute Gasteiger partial charge is 0.491 e. The van der Waals surface area contributed by atoms with Crippen LogP contribution in [0.5, 0.6) is 5.75 Å². The molecule has 0 spiro atoms. The number of amides is 1. The number of ether oxygens (including phenoxy) is 2. The number of carbonyl (C=O) groups is 1. The van der Waals surface area contributed by atoms with Crippen LogP contribution in [0.25, 0.3) is 0 Å². The standard InChI is InChI=1S/C17H27NO3/c1-7-17(6,20-8-2)16(19)18-14-9-10-15(13(5)11-14)21-12(3)4/h9-12H,7-8H2,1-6H3,(H,18,19). The SMILES string of the molecule is CCOC(C)(CC)C(=O)Nc1ccc(OC(C)C)c(C)c1. The zero-order valence-corrected chi connectivity index (χ0v) is 13.9. The lowest BCUT2D eigenvalue weighted by atomic mass is 10.0. The van der Waals surface area contributed by atoms with Crippen LogP contribution in [0.3, 0.4) is 0 Å². The molecule has 1 rings (SSSR count). The Morgan fingerprint density at radius 3 is 2.48 bits per heavy atom. The van der Waals surface area contributed by atoms with Gasteiger partial charge in [0.25, 0.3) is 5.91 Å². The molecule has 0 aliphatic rings. The van der Waals surface area contributed by atoms with Gasteiger partial charge in [-0.05, 0) is 64.8 Å². The van der Waals surface area contributed by atoms with E-state index in [-0.39, 0.29) is 12.0 Å². The first-order chi connectivity index (χ1) is 9.82. The minimum Gasteiger partial charge on any atom is -0.491 e. The molecule has 1 atom stereocenters. The van der Waals surface area contributed by atoms with Gasteiger partial charge in [-0.15, -0.1) is 0 Å². The molecule has 0 saturated carbocycles. The number of aryl methyl sites for hydroxylation is 1. The summed E-state index contributed by atoms with van der Waals surface area (Å²) < 4.78 is 11.3. The summed E-state index contributed by atoms with van der Waals surface area (Å²) in [7, 11) is 0. The van der Waals surface area contributed by atoms with Gasteiger partial charge in [-0.25, -0.2) is 0 Å². The van der Waals surface area contributed by atoms with Crippen molar-refractivity contribution in [3.05, 3.63) is 23.8 Å². The average molecular weight is 293 g/mol. The number of rotatable bonds is 7. The Bertz CT molecular complexity index is 485. The monoisotopic (exact) mass is 293 g/mol. The third-order valence-corrected chi connectivity index (χ3v) is 3.41. The first-order valence-corrected chi connectivity index (χ1v) is 7.55. The fraction of sp³-hybridized carbons (Fsp3) is 0.588. The van der Waals surface area contributed by atoms with Crippen molar-refractivity contribution in [1.29, 1.82) is 0 Å². The van der Waals surface area contributed by atoms with Gasteiger partial charge >= 0.3 is 0 Å². The topological polar surface area (TPSA) is 47.6 Å². The van der Waals surface area contributed by atoms with Crippen molar-refractivity contribution in [3.63, 3.8) is 0 Å². The van der Waals surface area contributed by atoms with Crippen LogP contribution < -0.4 is 10.1 Å². The molecule has 1 aromatic rings. The van der Waals surface area contributed by atoms with E-state index in [1.807, 2.05) is 59.7 Å². The highest BCUT2D eigenvalue weighted by molar-refractivity contribution is 5.97. The van der Waals surface area contributed by atoms with Gasteiger partial charge in [-0.3, -0.25) is 4.79 Å². The number of anilines is 1. The molecule has 0 aromatic heterocycles. The van der Waals surface area contributed by atoms with Crippen molar-refractivity contribution in [2.45, 2.75) is 59.7 Å². The lowest BCUT2D eigenvalue weighted by Gasteiger charge is -2.27. The van der Waals surface area contributed by atoms with E-state index in [1.54, 1.807) is 0 Å². The number of hydrogen-bond donors (Lipinski definition) is 1. The fourth-order valence-corrected chi connectivity index (χ4v) is 2.02. The number of nitrogens with one attached hydrogen (secondary N) is 1. The molecule has 0 fully saturated rings. The number of carbonyl (C=O) groups excluding carboxylic acids is 1. The number of benzene rings is 1. The van der Waals surface area contributed by atoms with E-state index < -0.39 is 5.60 Å². The van der Waals surface area contributed by atoms with Crippen LogP contribution in [0.15, 0.2) is 18.2 Å². The second-order valence-corrected chi connectivity index (χ2v) is 5.62. The van der Waals surface area contributed by atoms with E-state index in [9.17, 15) is 4.79 Å². The Kier molecular flexibility index (Phi) is 6.21. The molecule has 0 bridgehead atoms. The molecule has 4 nitrogen and oxygen atoms in total. The van der Waals surface area contributed by atoms with E-state index in [0.29, 0.717) is 13.0 Å². The summed E-state index contributed by atoms with van der Waals surface area (Å²) in [5.41, 5.74) is 0.958. The summed E-state index contributed by atoms with van der Waals surface area (Å²) in [6.45, 7) is 12.1. The molecule has 0 radical (unpaired) electrons. The highest BCUT2D eigenvalue weighted by atomic mass is 16.5. The van der Waals surface area contributed by atoms with E-state index in [0.717, 1.165) is 17.0 Å². The molecule has 1 N–H and O–H groups in total. The summed E-state index contributed by atoms with van der Waals surface area (Å²) in [5, 5.41) is 2.92. The molecule has 118 valence electrons. The molecular formula is C17H27NO3. The summed E-state index contributed by atoms with van der Waals surface area (Å²) in [4.78, 5) is 12.4. The van der Waals surface area contributed by atoms with E-state index in [2.05, 4.69) is 5.32 Å². The zero-order valence-electron chi connectivity index (χ0n) is 13.9. The molecule has 0 saturated heterocycles. The van der Waals surface area contributed by atoms with Crippen LogP contribution in [-0.2, 0) is 9.53 Å². The van der Waals surface area contributed by atoms with Gasteiger partial charge in [0.2, 0.25) is 0 Å². The molecule has 1 unspecified atom stereocenters. The molecule has 21 heavy (non-hydrogen) atoms. The van der Waals surface area contributed by atoms with Gasteiger partial charge in [0, 0.05) is 12.3 Å². The van der Waals surface area contributed by atoms with Crippen LogP contribution in [0.1, 0.15) is 46.6 Å². The molecule has 0 aliphatic heterocycles. The van der Waals surface area contributed by atoms with Gasteiger partial charge in [0.05, 0.1) is 6.10 Å². The minimum absolute atomic E-state index is 0.122. The smallest absolute Gasteiger partial charge is 0.256 e. The Balaban J connectivity index is 2.84. The second-order valence-electron chi connectivity index (χ2n) is 5.62. The lowest BCUT2D eigenvalue weighted by molar-refractivity contribution is -0.139. The van der Waals surface area contributed by atoms with Crippen molar-refractivity contribution in [3.8, 4) is 5.75 Å². The van der Waals surface area contributed by atoms with Crippen molar-refractivity contribution in [2.24, 2.45) is 0 Å². The fourth-order valence-electron chi connectivity index (χ4n) is 2.02. The van der Waals surface area contributed by atoms with Crippen LogP contribution in [-0.4, -0.2) is 24.2 Å². The lowest BCUT2D eigenvalue weighted by Crippen LogP contribution is -2.42. The Morgan fingerprint density at radius 1 is 1.33 bits per heavy atom. The Morgan fingerprint density at radius 2 is 2.00 bits per heavy atom. The molecule has 0 heterocycles. The summed E-state index contributed by atoms with van der Waals surface area (Å²) in [6.07, 6.45) is 0.755. The average Bonchev–Trinajstić information content (AvgIpc) is 2.41. The first kappa shape index (κ1) is 17.5. The Labute approximate surface area is 127 Å². The highest BCUT2D eigenvalue weighted by Crippen LogP contribution is 2.24. The molecule has 1 amide bonds. The normalized spacial score (nSPS) is 13.9. The van der Waals surface area contributed by atoms with Crippen LogP contribution in [0, 0.1) is 6.92 Å². The summed E-state index contributed by atoms with van der Waals surface area (Å²) in [5.74, 6) is 0.717. The zero-order chi connectivity index (χ0) is 16.0. The quantitative estimate of drug-likeness (QED) is 0.828. The van der Waals surface area contributed by atoms with Gasteiger partial charge < -0.3 is 14.8 Å². The predicted molar refractivity (Wildman–Crippen MR) is 85.9 cm³/mol. The second kappa shape index (κ2) is 7.46. The van der Waals surface area contributed by atoms with Crippen molar-refractivity contribution >= 4 is 11.6 Å². The van der Waals surface area contributed by atoms with Gasteiger partial charge in [0.15, 0.2) is 0 Å². The van der Waals surface area contributed by atoms with Crippen molar-refractivity contribution in [1.82, 2.24) is 0 Å². The van der Waals surface area contributed by atoms with E-state index >= 15 is 0 Å². The third-order valence-electron chi connectivity index (χ3n) is 3.41. The summed E-state index contributed by atoms with van der Waals surface area (Å²) >= 11 is 0. The van der Waals surface area contributed by atoms with E-state index in [4.69, 9.17) is 9.47 Å². The minimum atomic E-state index is -0.796. The van der Waals surface area contributed by atoms with Gasteiger partial charge in [-0.2, -0.15) is 0 Å². The highest BCUT2D eigenvalue weighted by Gasteiger charge is 2.31. The molecule has 0 aliphatic carbocycles. The maximum absolute atomic E-state index is 12.4. The predicted octanol–water partition coefficient (Wildman–Crippen LogP) is 3.93. The molecule has 4 heteroatoms. The van der Waals surface area contributed by atoms with Crippen molar-refractivity contribution in [2.75, 3.05) is 11.9 Å². The summed E-state index contributed by atoms with van der Waals surface area (Å²) in [6, 6.07) is 5.65. The Hall–Kier alpha value is -1.55. The van der Waals surface area contributed by atoms with Crippen molar-refractivity contribution < 1.29 is 14.3 Å². The van der Waals surface area contributed by atoms with Crippen LogP contribution in [0.4, 0.5) is 5.69 Å². The first-order valence-electron chi connectivity index (χ1n) is 7.55. The number of hydrogen-bond acceptors (Lipinski definition) is 3. The third kappa shape index (κ3) is 4.74. The maximum Gasteiger partial charge on any atom is 0.256 e.